The van der Waals surface area contributed by atoms with Gasteiger partial charge in [0.1, 0.15) is 0 Å². The first-order valence-corrected chi connectivity index (χ1v) is 8.88. The van der Waals surface area contributed by atoms with Crippen LogP contribution in [-0.4, -0.2) is 20.8 Å². The van der Waals surface area contributed by atoms with Crippen LogP contribution in [0.5, 0.6) is 0 Å². The summed E-state index contributed by atoms with van der Waals surface area (Å²) in [4.78, 5) is 11.1. The maximum absolute atomic E-state index is 11.1. The Morgan fingerprint density at radius 3 is 2.47 bits per heavy atom. The molecule has 0 bridgehead atoms. The molecule has 0 aliphatic rings. The molecule has 0 atom stereocenters. The second-order valence-corrected chi connectivity index (χ2v) is 8.95. The van der Waals surface area contributed by atoms with Crippen LogP contribution in [0.4, 0.5) is 0 Å². The van der Waals surface area contributed by atoms with Crippen molar-refractivity contribution < 1.29 is 9.22 Å². The molecule has 0 rings (SSSR count). The van der Waals surface area contributed by atoms with Crippen molar-refractivity contribution >= 4 is 14.2 Å². The minimum absolute atomic E-state index is 0.106. The molecule has 1 N–H and O–H groups in total. The highest BCUT2D eigenvalue weighted by atomic mass is 28.4. The predicted octanol–water partition coefficient (Wildman–Crippen LogP) is 2.66. The van der Waals surface area contributed by atoms with E-state index in [0.717, 1.165) is 12.2 Å². The van der Waals surface area contributed by atoms with Crippen LogP contribution < -0.4 is 5.32 Å². The summed E-state index contributed by atoms with van der Waals surface area (Å²) in [6.45, 7) is 11.0. The summed E-state index contributed by atoms with van der Waals surface area (Å²) in [5, 5.41) is 2.77. The topological polar surface area (TPSA) is 38.3 Å². The van der Waals surface area contributed by atoms with Crippen molar-refractivity contribution in [3.63, 3.8) is 0 Å². The fraction of sp³-hybridized carbons (Fsp3) is 0.727. The molecule has 88 valence electrons. The van der Waals surface area contributed by atoms with Crippen molar-refractivity contribution in [2.24, 2.45) is 0 Å². The standard InChI is InChI=1S/C11H23NO2Si/c1-6-12-11(13)9-7-8-10(2)14-15(3,4)5/h8H,6-7,9H2,1-5H3,(H,12,13). The first-order chi connectivity index (χ1) is 6.85. The van der Waals surface area contributed by atoms with E-state index in [1.807, 2.05) is 19.9 Å². The van der Waals surface area contributed by atoms with Gasteiger partial charge in [0.15, 0.2) is 0 Å². The molecule has 0 saturated carbocycles. The van der Waals surface area contributed by atoms with E-state index in [2.05, 4.69) is 25.0 Å². The lowest BCUT2D eigenvalue weighted by Crippen LogP contribution is -2.24. The van der Waals surface area contributed by atoms with Gasteiger partial charge in [-0.25, -0.2) is 0 Å². The highest BCUT2D eigenvalue weighted by Gasteiger charge is 2.15. The molecule has 0 fully saturated rings. The Bertz CT molecular complexity index is 231. The average molecular weight is 229 g/mol. The van der Waals surface area contributed by atoms with Gasteiger partial charge in [0.05, 0.1) is 5.76 Å². The summed E-state index contributed by atoms with van der Waals surface area (Å²) >= 11 is 0. The van der Waals surface area contributed by atoms with Gasteiger partial charge in [0.2, 0.25) is 14.2 Å². The Morgan fingerprint density at radius 1 is 1.40 bits per heavy atom. The molecular formula is C11H23NO2Si. The monoisotopic (exact) mass is 229 g/mol. The number of allylic oxidation sites excluding steroid dienone is 2. The zero-order valence-electron chi connectivity index (χ0n) is 10.5. The molecule has 0 heterocycles. The molecule has 0 unspecified atom stereocenters. The number of amides is 1. The van der Waals surface area contributed by atoms with Gasteiger partial charge in [0, 0.05) is 13.0 Å². The number of rotatable bonds is 6. The van der Waals surface area contributed by atoms with Crippen molar-refractivity contribution in [1.82, 2.24) is 5.32 Å². The van der Waals surface area contributed by atoms with E-state index in [9.17, 15) is 4.79 Å². The van der Waals surface area contributed by atoms with Crippen molar-refractivity contribution in [1.29, 1.82) is 0 Å². The van der Waals surface area contributed by atoms with E-state index in [0.29, 0.717) is 13.0 Å². The number of carbonyl (C=O) groups is 1. The van der Waals surface area contributed by atoms with Crippen LogP contribution >= 0.6 is 0 Å². The second-order valence-electron chi connectivity index (χ2n) is 4.52. The van der Waals surface area contributed by atoms with Gasteiger partial charge in [-0.3, -0.25) is 4.79 Å². The predicted molar refractivity (Wildman–Crippen MR) is 66.1 cm³/mol. The molecule has 3 nitrogen and oxygen atoms in total. The summed E-state index contributed by atoms with van der Waals surface area (Å²) in [5.74, 6) is 1.05. The molecule has 15 heavy (non-hydrogen) atoms. The minimum Gasteiger partial charge on any atom is -0.548 e. The Labute approximate surface area is 94.0 Å². The van der Waals surface area contributed by atoms with E-state index < -0.39 is 8.32 Å². The first-order valence-electron chi connectivity index (χ1n) is 5.47. The molecule has 0 aromatic heterocycles. The highest BCUT2D eigenvalue weighted by molar-refractivity contribution is 6.70. The smallest absolute Gasteiger partial charge is 0.241 e. The van der Waals surface area contributed by atoms with Gasteiger partial charge in [-0.1, -0.05) is 0 Å². The molecule has 0 aliphatic carbocycles. The Balaban J connectivity index is 3.81. The van der Waals surface area contributed by atoms with Crippen LogP contribution in [0.1, 0.15) is 26.7 Å². The lowest BCUT2D eigenvalue weighted by atomic mass is 10.2. The maximum atomic E-state index is 11.1. The molecule has 0 radical (unpaired) electrons. The van der Waals surface area contributed by atoms with Gasteiger partial charge >= 0.3 is 0 Å². The molecular weight excluding hydrogens is 206 g/mol. The summed E-state index contributed by atoms with van der Waals surface area (Å²) in [7, 11) is -1.48. The molecule has 0 spiro atoms. The normalized spacial score (nSPS) is 12.5. The number of hydrogen-bond donors (Lipinski definition) is 1. The fourth-order valence-corrected chi connectivity index (χ4v) is 2.27. The third-order valence-electron chi connectivity index (χ3n) is 1.64. The Kier molecular flexibility index (Phi) is 6.32. The molecule has 0 aliphatic heterocycles. The Morgan fingerprint density at radius 2 is 2.00 bits per heavy atom. The summed E-state index contributed by atoms with van der Waals surface area (Å²) in [6.07, 6.45) is 3.29. The zero-order chi connectivity index (χ0) is 11.9. The SMILES string of the molecule is CCNC(=O)CCC=C(C)O[Si](C)(C)C. The number of nitrogens with one attached hydrogen (secondary N) is 1. The summed E-state index contributed by atoms with van der Waals surface area (Å²) < 4.78 is 5.75. The van der Waals surface area contributed by atoms with Crippen molar-refractivity contribution in [3.05, 3.63) is 11.8 Å². The van der Waals surface area contributed by atoms with Crippen LogP contribution in [0, 0.1) is 0 Å². The van der Waals surface area contributed by atoms with E-state index >= 15 is 0 Å². The van der Waals surface area contributed by atoms with Crippen molar-refractivity contribution in [2.45, 2.75) is 46.3 Å². The molecule has 0 aromatic carbocycles. The van der Waals surface area contributed by atoms with Crippen molar-refractivity contribution in [2.75, 3.05) is 6.54 Å². The average Bonchev–Trinajstić information content (AvgIpc) is 2.00. The fourth-order valence-electron chi connectivity index (χ4n) is 1.22. The van der Waals surface area contributed by atoms with E-state index in [1.165, 1.54) is 0 Å². The van der Waals surface area contributed by atoms with Gasteiger partial charge in [0.25, 0.3) is 0 Å². The Hall–Kier alpha value is -0.773. The molecule has 0 aromatic rings. The van der Waals surface area contributed by atoms with Gasteiger partial charge in [-0.2, -0.15) is 0 Å². The van der Waals surface area contributed by atoms with Crippen LogP contribution in [0.2, 0.25) is 19.6 Å². The number of carbonyl (C=O) groups excluding carboxylic acids is 1. The largest absolute Gasteiger partial charge is 0.548 e. The first kappa shape index (κ1) is 14.2. The lowest BCUT2D eigenvalue weighted by Gasteiger charge is -2.19. The van der Waals surface area contributed by atoms with Crippen molar-refractivity contribution in [3.8, 4) is 0 Å². The van der Waals surface area contributed by atoms with Crippen LogP contribution in [0.25, 0.3) is 0 Å². The summed E-state index contributed by atoms with van der Waals surface area (Å²) in [5.41, 5.74) is 0. The van der Waals surface area contributed by atoms with Crippen LogP contribution in [-0.2, 0) is 9.22 Å². The highest BCUT2D eigenvalue weighted by Crippen LogP contribution is 2.10. The molecule has 1 amide bonds. The quantitative estimate of drug-likeness (QED) is 0.562. The summed E-state index contributed by atoms with van der Waals surface area (Å²) in [6, 6.07) is 0. The van der Waals surface area contributed by atoms with Gasteiger partial charge < -0.3 is 9.74 Å². The number of hydrogen-bond acceptors (Lipinski definition) is 2. The lowest BCUT2D eigenvalue weighted by molar-refractivity contribution is -0.120. The third kappa shape index (κ3) is 9.53. The maximum Gasteiger partial charge on any atom is 0.241 e. The van der Waals surface area contributed by atoms with E-state index in [4.69, 9.17) is 4.43 Å². The molecule has 0 saturated heterocycles. The third-order valence-corrected chi connectivity index (χ3v) is 2.58. The second kappa shape index (κ2) is 6.66. The van der Waals surface area contributed by atoms with E-state index in [1.54, 1.807) is 0 Å². The van der Waals surface area contributed by atoms with Crippen LogP contribution in [0.3, 0.4) is 0 Å². The zero-order valence-corrected chi connectivity index (χ0v) is 11.5. The van der Waals surface area contributed by atoms with Gasteiger partial charge in [-0.15, -0.1) is 0 Å². The minimum atomic E-state index is -1.48. The van der Waals surface area contributed by atoms with E-state index in [-0.39, 0.29) is 5.91 Å². The molecule has 4 heteroatoms. The van der Waals surface area contributed by atoms with Gasteiger partial charge in [-0.05, 0) is 46.0 Å². The van der Waals surface area contributed by atoms with Crippen LogP contribution in [0.15, 0.2) is 11.8 Å².